The van der Waals surface area contributed by atoms with Crippen molar-refractivity contribution >= 4 is 5.69 Å². The molecule has 2 aliphatic rings. The maximum absolute atomic E-state index is 5.47. The Morgan fingerprint density at radius 1 is 1.33 bits per heavy atom. The summed E-state index contributed by atoms with van der Waals surface area (Å²) in [5.74, 6) is 0.650. The Bertz CT molecular complexity index is 447. The second-order valence-corrected chi connectivity index (χ2v) is 6.08. The molecular weight excluding hydrogens is 266 g/mol. The van der Waals surface area contributed by atoms with E-state index in [2.05, 4.69) is 22.1 Å². The quantitative estimate of drug-likeness (QED) is 0.780. The van der Waals surface area contributed by atoms with Gasteiger partial charge >= 0.3 is 0 Å². The summed E-state index contributed by atoms with van der Waals surface area (Å²) in [5.41, 5.74) is 1.07. The van der Waals surface area contributed by atoms with E-state index in [0.29, 0.717) is 31.2 Å². The van der Waals surface area contributed by atoms with Crippen LogP contribution in [-0.4, -0.2) is 54.9 Å². The van der Waals surface area contributed by atoms with E-state index in [0.717, 1.165) is 18.3 Å². The van der Waals surface area contributed by atoms with Gasteiger partial charge in [0, 0.05) is 37.8 Å². The van der Waals surface area contributed by atoms with Crippen LogP contribution in [0.4, 0.5) is 5.69 Å². The Morgan fingerprint density at radius 3 is 2.86 bits per heavy atom. The summed E-state index contributed by atoms with van der Waals surface area (Å²) in [5, 5.41) is 3.59. The van der Waals surface area contributed by atoms with Crippen molar-refractivity contribution in [2.75, 3.05) is 32.2 Å². The third-order valence-corrected chi connectivity index (χ3v) is 4.28. The Kier molecular flexibility index (Phi) is 4.60. The van der Waals surface area contributed by atoms with Crippen molar-refractivity contribution in [3.05, 3.63) is 18.3 Å². The molecule has 1 N–H and O–H groups in total. The van der Waals surface area contributed by atoms with Gasteiger partial charge in [0.2, 0.25) is 5.88 Å². The first-order chi connectivity index (χ1) is 10.3. The van der Waals surface area contributed by atoms with Crippen LogP contribution in [0.25, 0.3) is 0 Å². The van der Waals surface area contributed by atoms with E-state index in [-0.39, 0.29) is 0 Å². The maximum Gasteiger partial charge on any atom is 0.213 e. The number of aromatic nitrogens is 1. The molecule has 1 saturated heterocycles. The maximum atomic E-state index is 5.47. The molecule has 5 nitrogen and oxygen atoms in total. The van der Waals surface area contributed by atoms with Gasteiger partial charge in [0.1, 0.15) is 6.61 Å². The number of pyridine rings is 1. The average Bonchev–Trinajstić information content (AvgIpc) is 3.26. The van der Waals surface area contributed by atoms with Gasteiger partial charge in [0.25, 0.3) is 0 Å². The molecule has 0 spiro atoms. The van der Waals surface area contributed by atoms with Gasteiger partial charge < -0.3 is 14.8 Å². The van der Waals surface area contributed by atoms with E-state index in [1.54, 1.807) is 7.11 Å². The van der Waals surface area contributed by atoms with Crippen molar-refractivity contribution in [1.82, 2.24) is 9.88 Å². The summed E-state index contributed by atoms with van der Waals surface area (Å²) < 4.78 is 10.4. The van der Waals surface area contributed by atoms with Crippen LogP contribution in [-0.2, 0) is 4.74 Å². The zero-order valence-corrected chi connectivity index (χ0v) is 12.9. The number of methoxy groups -OCH3 is 1. The van der Waals surface area contributed by atoms with Crippen LogP contribution in [0.15, 0.2) is 18.3 Å². The molecule has 1 saturated carbocycles. The molecule has 2 fully saturated rings. The third-order valence-electron chi connectivity index (χ3n) is 4.28. The molecule has 1 aromatic heterocycles. The smallest absolute Gasteiger partial charge is 0.213 e. The summed E-state index contributed by atoms with van der Waals surface area (Å²) in [7, 11) is 1.66. The number of nitrogens with zero attached hydrogens (tertiary/aromatic N) is 2. The summed E-state index contributed by atoms with van der Waals surface area (Å²) >= 11 is 0. The number of anilines is 1. The Labute approximate surface area is 126 Å². The molecule has 2 atom stereocenters. The van der Waals surface area contributed by atoms with Gasteiger partial charge in [-0.2, -0.15) is 0 Å². The standard InChI is InChI=1S/C16H25N3O2/c1-12-9-14(11-19(12)15-4-5-15)18-13-3-6-16(17-10-13)21-8-7-20-2/h3,6,10,12,14-15,18H,4-5,7-9,11H2,1-2H3. The molecule has 5 heteroatoms. The molecule has 0 bridgehead atoms. The minimum atomic E-state index is 0.530. The highest BCUT2D eigenvalue weighted by Gasteiger charge is 2.38. The van der Waals surface area contributed by atoms with Gasteiger partial charge in [-0.3, -0.25) is 4.90 Å². The molecule has 0 radical (unpaired) electrons. The molecule has 2 unspecified atom stereocenters. The molecular formula is C16H25N3O2. The van der Waals surface area contributed by atoms with Crippen molar-refractivity contribution in [2.24, 2.45) is 0 Å². The van der Waals surface area contributed by atoms with Crippen molar-refractivity contribution in [2.45, 2.75) is 44.3 Å². The second-order valence-electron chi connectivity index (χ2n) is 6.08. The summed E-state index contributed by atoms with van der Waals surface area (Å²) in [4.78, 5) is 6.97. The lowest BCUT2D eigenvalue weighted by atomic mass is 10.2. The van der Waals surface area contributed by atoms with Crippen LogP contribution in [0.1, 0.15) is 26.2 Å². The molecule has 0 amide bonds. The van der Waals surface area contributed by atoms with E-state index < -0.39 is 0 Å². The molecule has 2 heterocycles. The summed E-state index contributed by atoms with van der Waals surface area (Å²) in [6.45, 7) is 4.61. The highest BCUT2D eigenvalue weighted by atomic mass is 16.5. The lowest BCUT2D eigenvalue weighted by Gasteiger charge is -2.19. The fourth-order valence-electron chi connectivity index (χ4n) is 3.09. The highest BCUT2D eigenvalue weighted by molar-refractivity contribution is 5.43. The average molecular weight is 291 g/mol. The molecule has 3 rings (SSSR count). The zero-order chi connectivity index (χ0) is 14.7. The van der Waals surface area contributed by atoms with Gasteiger partial charge in [-0.15, -0.1) is 0 Å². The molecule has 1 aliphatic heterocycles. The summed E-state index contributed by atoms with van der Waals surface area (Å²) in [6.07, 6.45) is 5.83. The molecule has 21 heavy (non-hydrogen) atoms. The number of likely N-dealkylation sites (tertiary alicyclic amines) is 1. The lowest BCUT2D eigenvalue weighted by Crippen LogP contribution is -2.31. The number of rotatable bonds is 7. The minimum Gasteiger partial charge on any atom is -0.475 e. The van der Waals surface area contributed by atoms with Crippen LogP contribution in [0, 0.1) is 0 Å². The first-order valence-electron chi connectivity index (χ1n) is 7.86. The van der Waals surface area contributed by atoms with E-state index in [4.69, 9.17) is 9.47 Å². The number of hydrogen-bond donors (Lipinski definition) is 1. The Morgan fingerprint density at radius 2 is 2.19 bits per heavy atom. The van der Waals surface area contributed by atoms with Gasteiger partial charge in [-0.1, -0.05) is 0 Å². The SMILES string of the molecule is COCCOc1ccc(NC2CC(C)N(C3CC3)C2)cn1. The molecule has 0 aromatic carbocycles. The first kappa shape index (κ1) is 14.6. The van der Waals surface area contributed by atoms with Crippen LogP contribution in [0.2, 0.25) is 0 Å². The van der Waals surface area contributed by atoms with Crippen molar-refractivity contribution in [3.63, 3.8) is 0 Å². The van der Waals surface area contributed by atoms with Crippen molar-refractivity contribution in [1.29, 1.82) is 0 Å². The fourth-order valence-corrected chi connectivity index (χ4v) is 3.09. The largest absolute Gasteiger partial charge is 0.475 e. The monoisotopic (exact) mass is 291 g/mol. The van der Waals surface area contributed by atoms with Crippen molar-refractivity contribution in [3.8, 4) is 5.88 Å². The Balaban J connectivity index is 1.49. The van der Waals surface area contributed by atoms with E-state index >= 15 is 0 Å². The normalized spacial score (nSPS) is 26.0. The van der Waals surface area contributed by atoms with Crippen LogP contribution < -0.4 is 10.1 Å². The van der Waals surface area contributed by atoms with E-state index in [9.17, 15) is 0 Å². The van der Waals surface area contributed by atoms with Gasteiger partial charge in [0.05, 0.1) is 18.5 Å². The third kappa shape index (κ3) is 3.86. The van der Waals surface area contributed by atoms with Crippen molar-refractivity contribution < 1.29 is 9.47 Å². The first-order valence-corrected chi connectivity index (χ1v) is 7.86. The number of hydrogen-bond acceptors (Lipinski definition) is 5. The number of ether oxygens (including phenoxy) is 2. The minimum absolute atomic E-state index is 0.530. The van der Waals surface area contributed by atoms with Gasteiger partial charge in [0.15, 0.2) is 0 Å². The van der Waals surface area contributed by atoms with Crippen LogP contribution >= 0.6 is 0 Å². The molecule has 1 aliphatic carbocycles. The second kappa shape index (κ2) is 6.62. The fraction of sp³-hybridized carbons (Fsp3) is 0.688. The highest BCUT2D eigenvalue weighted by Crippen LogP contribution is 2.34. The molecule has 116 valence electrons. The van der Waals surface area contributed by atoms with Crippen LogP contribution in [0.3, 0.4) is 0 Å². The Hall–Kier alpha value is -1.33. The topological polar surface area (TPSA) is 46.6 Å². The molecule has 1 aromatic rings. The summed E-state index contributed by atoms with van der Waals surface area (Å²) in [6, 6.07) is 6.03. The van der Waals surface area contributed by atoms with E-state index in [1.165, 1.54) is 19.3 Å². The van der Waals surface area contributed by atoms with Gasteiger partial charge in [-0.25, -0.2) is 4.98 Å². The predicted molar refractivity (Wildman–Crippen MR) is 82.8 cm³/mol. The van der Waals surface area contributed by atoms with E-state index in [1.807, 2.05) is 18.3 Å². The lowest BCUT2D eigenvalue weighted by molar-refractivity contribution is 0.144. The predicted octanol–water partition coefficient (Wildman–Crippen LogP) is 2.14. The van der Waals surface area contributed by atoms with Gasteiger partial charge in [-0.05, 0) is 32.3 Å². The zero-order valence-electron chi connectivity index (χ0n) is 12.9. The van der Waals surface area contributed by atoms with Crippen LogP contribution in [0.5, 0.6) is 5.88 Å². The number of nitrogens with one attached hydrogen (secondary N) is 1.